The minimum absolute atomic E-state index is 0.0689. The number of anilines is 2. The standard InChI is InChI=1S/C23H25N3O6/c1-4-31-23(30)16-6-5-7-17(10-16)25-22(29)15-8-9-19-18(11-15)26(21(28)13-32-19)12-20(27)24-14(2)3/h5-11,14H,4,12-13H2,1-3H3,(H,24,27)(H,25,29). The Balaban J connectivity index is 1.81. The average molecular weight is 439 g/mol. The first-order valence-corrected chi connectivity index (χ1v) is 10.2. The number of nitrogens with zero attached hydrogens (tertiary/aromatic N) is 1. The Morgan fingerprint density at radius 1 is 1.12 bits per heavy atom. The van der Waals surface area contributed by atoms with Crippen molar-refractivity contribution in [1.82, 2.24) is 5.32 Å². The van der Waals surface area contributed by atoms with Crippen LogP contribution < -0.4 is 20.3 Å². The SMILES string of the molecule is CCOC(=O)c1cccc(NC(=O)c2ccc3c(c2)N(CC(=O)NC(C)C)C(=O)CO3)c1. The van der Waals surface area contributed by atoms with Gasteiger partial charge in [-0.3, -0.25) is 19.3 Å². The Morgan fingerprint density at radius 3 is 2.62 bits per heavy atom. The van der Waals surface area contributed by atoms with E-state index in [4.69, 9.17) is 9.47 Å². The lowest BCUT2D eigenvalue weighted by Crippen LogP contribution is -2.46. The van der Waals surface area contributed by atoms with E-state index in [1.807, 2.05) is 13.8 Å². The fourth-order valence-corrected chi connectivity index (χ4v) is 3.17. The third kappa shape index (κ3) is 5.42. The summed E-state index contributed by atoms with van der Waals surface area (Å²) in [5.74, 6) is -1.22. The van der Waals surface area contributed by atoms with E-state index in [1.54, 1.807) is 37.3 Å². The number of nitrogens with one attached hydrogen (secondary N) is 2. The van der Waals surface area contributed by atoms with Gasteiger partial charge in [0.05, 0.1) is 17.9 Å². The van der Waals surface area contributed by atoms with Crippen molar-refractivity contribution in [1.29, 1.82) is 0 Å². The Hall–Kier alpha value is -3.88. The highest BCUT2D eigenvalue weighted by atomic mass is 16.5. The van der Waals surface area contributed by atoms with E-state index in [0.717, 1.165) is 0 Å². The number of benzene rings is 2. The molecule has 1 heterocycles. The molecule has 32 heavy (non-hydrogen) atoms. The van der Waals surface area contributed by atoms with Gasteiger partial charge in [0.1, 0.15) is 12.3 Å². The molecule has 3 rings (SSSR count). The van der Waals surface area contributed by atoms with Crippen LogP contribution in [0.3, 0.4) is 0 Å². The van der Waals surface area contributed by atoms with Crippen LogP contribution in [0.2, 0.25) is 0 Å². The number of hydrogen-bond acceptors (Lipinski definition) is 6. The topological polar surface area (TPSA) is 114 Å². The molecule has 3 amide bonds. The van der Waals surface area contributed by atoms with Crippen molar-refractivity contribution in [2.75, 3.05) is 30.0 Å². The Morgan fingerprint density at radius 2 is 1.91 bits per heavy atom. The normalized spacial score (nSPS) is 12.6. The Labute approximate surface area is 185 Å². The van der Waals surface area contributed by atoms with Gasteiger partial charge in [0.15, 0.2) is 6.61 Å². The van der Waals surface area contributed by atoms with Crippen LogP contribution in [0.1, 0.15) is 41.5 Å². The van der Waals surface area contributed by atoms with Crippen molar-refractivity contribution in [3.8, 4) is 5.75 Å². The highest BCUT2D eigenvalue weighted by Crippen LogP contribution is 2.33. The van der Waals surface area contributed by atoms with Crippen LogP contribution in [-0.4, -0.2) is 49.5 Å². The average Bonchev–Trinajstić information content (AvgIpc) is 2.75. The van der Waals surface area contributed by atoms with Crippen LogP contribution in [0, 0.1) is 0 Å². The third-order valence-electron chi connectivity index (χ3n) is 4.55. The molecule has 0 aliphatic carbocycles. The summed E-state index contributed by atoms with van der Waals surface area (Å²) in [6.07, 6.45) is 0. The number of hydrogen-bond donors (Lipinski definition) is 2. The van der Waals surface area contributed by atoms with Crippen molar-refractivity contribution in [2.45, 2.75) is 26.8 Å². The van der Waals surface area contributed by atoms with Crippen molar-refractivity contribution in [2.24, 2.45) is 0 Å². The first-order chi connectivity index (χ1) is 15.3. The fraction of sp³-hybridized carbons (Fsp3) is 0.304. The van der Waals surface area contributed by atoms with E-state index < -0.39 is 11.9 Å². The van der Waals surface area contributed by atoms with Gasteiger partial charge in [0, 0.05) is 17.3 Å². The molecule has 2 N–H and O–H groups in total. The van der Waals surface area contributed by atoms with Crippen LogP contribution >= 0.6 is 0 Å². The lowest BCUT2D eigenvalue weighted by Gasteiger charge is -2.29. The second kappa shape index (κ2) is 9.95. The Kier molecular flexibility index (Phi) is 7.09. The molecular formula is C23H25N3O6. The van der Waals surface area contributed by atoms with Gasteiger partial charge in [0.2, 0.25) is 5.91 Å². The predicted octanol–water partition coefficient (Wildman–Crippen LogP) is 2.37. The predicted molar refractivity (Wildman–Crippen MR) is 118 cm³/mol. The molecule has 0 saturated carbocycles. The highest BCUT2D eigenvalue weighted by Gasteiger charge is 2.28. The maximum atomic E-state index is 12.8. The summed E-state index contributed by atoms with van der Waals surface area (Å²) in [5, 5.41) is 5.47. The third-order valence-corrected chi connectivity index (χ3v) is 4.55. The van der Waals surface area contributed by atoms with Gasteiger partial charge in [-0.25, -0.2) is 4.79 Å². The van der Waals surface area contributed by atoms with Gasteiger partial charge >= 0.3 is 5.97 Å². The van der Waals surface area contributed by atoms with E-state index in [0.29, 0.717) is 22.7 Å². The first-order valence-electron chi connectivity index (χ1n) is 10.2. The maximum absolute atomic E-state index is 12.8. The molecular weight excluding hydrogens is 414 g/mol. The molecule has 2 aromatic rings. The molecule has 0 radical (unpaired) electrons. The molecule has 1 aliphatic rings. The van der Waals surface area contributed by atoms with E-state index >= 15 is 0 Å². The molecule has 1 aliphatic heterocycles. The molecule has 0 atom stereocenters. The first kappa shape index (κ1) is 22.8. The van der Waals surface area contributed by atoms with Gasteiger partial charge in [-0.05, 0) is 57.2 Å². The largest absolute Gasteiger partial charge is 0.482 e. The number of esters is 1. The quantitative estimate of drug-likeness (QED) is 0.641. The van der Waals surface area contributed by atoms with Crippen LogP contribution in [0.4, 0.5) is 11.4 Å². The molecule has 0 aromatic heterocycles. The number of carbonyl (C=O) groups is 4. The molecule has 168 valence electrons. The van der Waals surface area contributed by atoms with Crippen LogP contribution in [0.15, 0.2) is 42.5 Å². The molecule has 0 fully saturated rings. The van der Waals surface area contributed by atoms with Gasteiger partial charge in [-0.15, -0.1) is 0 Å². The van der Waals surface area contributed by atoms with Gasteiger partial charge in [-0.1, -0.05) is 6.07 Å². The maximum Gasteiger partial charge on any atom is 0.338 e. The van der Waals surface area contributed by atoms with E-state index in [1.165, 1.54) is 17.0 Å². The van der Waals surface area contributed by atoms with Gasteiger partial charge < -0.3 is 20.1 Å². The number of ether oxygens (including phenoxy) is 2. The van der Waals surface area contributed by atoms with E-state index in [9.17, 15) is 19.2 Å². The summed E-state index contributed by atoms with van der Waals surface area (Å²) < 4.78 is 10.4. The summed E-state index contributed by atoms with van der Waals surface area (Å²) in [6, 6.07) is 11.0. The number of fused-ring (bicyclic) bond motifs is 1. The minimum atomic E-state index is -0.483. The number of carbonyl (C=O) groups excluding carboxylic acids is 4. The second-order valence-corrected chi connectivity index (χ2v) is 7.43. The van der Waals surface area contributed by atoms with E-state index in [-0.39, 0.29) is 43.2 Å². The van der Waals surface area contributed by atoms with Gasteiger partial charge in [-0.2, -0.15) is 0 Å². The smallest absolute Gasteiger partial charge is 0.338 e. The summed E-state index contributed by atoms with van der Waals surface area (Å²) in [5.41, 5.74) is 1.33. The summed E-state index contributed by atoms with van der Waals surface area (Å²) in [4.78, 5) is 50.6. The zero-order valence-electron chi connectivity index (χ0n) is 18.1. The summed E-state index contributed by atoms with van der Waals surface area (Å²) in [6.45, 7) is 5.24. The highest BCUT2D eigenvalue weighted by molar-refractivity contribution is 6.08. The van der Waals surface area contributed by atoms with Crippen molar-refractivity contribution in [3.05, 3.63) is 53.6 Å². The lowest BCUT2D eigenvalue weighted by atomic mass is 10.1. The molecule has 9 nitrogen and oxygen atoms in total. The van der Waals surface area contributed by atoms with Crippen molar-refractivity contribution >= 4 is 35.1 Å². The lowest BCUT2D eigenvalue weighted by molar-refractivity contribution is -0.125. The molecule has 9 heteroatoms. The zero-order chi connectivity index (χ0) is 23.3. The number of amides is 3. The molecule has 0 bridgehead atoms. The van der Waals surface area contributed by atoms with Crippen molar-refractivity contribution < 1.29 is 28.7 Å². The number of rotatable bonds is 7. The fourth-order valence-electron chi connectivity index (χ4n) is 3.17. The minimum Gasteiger partial charge on any atom is -0.482 e. The van der Waals surface area contributed by atoms with Gasteiger partial charge in [0.25, 0.3) is 11.8 Å². The zero-order valence-corrected chi connectivity index (χ0v) is 18.1. The molecule has 0 saturated heterocycles. The van der Waals surface area contributed by atoms with Crippen LogP contribution in [0.5, 0.6) is 5.75 Å². The summed E-state index contributed by atoms with van der Waals surface area (Å²) >= 11 is 0. The monoisotopic (exact) mass is 439 g/mol. The molecule has 0 unspecified atom stereocenters. The van der Waals surface area contributed by atoms with Crippen LogP contribution in [0.25, 0.3) is 0 Å². The second-order valence-electron chi connectivity index (χ2n) is 7.43. The summed E-state index contributed by atoms with van der Waals surface area (Å²) in [7, 11) is 0. The molecule has 2 aromatic carbocycles. The molecule has 0 spiro atoms. The van der Waals surface area contributed by atoms with Crippen LogP contribution in [-0.2, 0) is 14.3 Å². The Bertz CT molecular complexity index is 1050. The van der Waals surface area contributed by atoms with E-state index in [2.05, 4.69) is 10.6 Å². The van der Waals surface area contributed by atoms with Crippen molar-refractivity contribution in [3.63, 3.8) is 0 Å².